The minimum Gasteiger partial charge on any atom is -0.459 e. The highest BCUT2D eigenvalue weighted by molar-refractivity contribution is 6.30. The second kappa shape index (κ2) is 9.79. The molecule has 4 aromatic rings. The molecule has 0 aliphatic carbocycles. The lowest BCUT2D eigenvalue weighted by Gasteiger charge is -2.16. The van der Waals surface area contributed by atoms with Crippen molar-refractivity contribution in [2.24, 2.45) is 5.92 Å². The van der Waals surface area contributed by atoms with Crippen molar-refractivity contribution in [2.45, 2.75) is 26.4 Å². The molecule has 0 N–H and O–H groups in total. The summed E-state index contributed by atoms with van der Waals surface area (Å²) >= 11 is 6.00. The van der Waals surface area contributed by atoms with Gasteiger partial charge in [0.15, 0.2) is 0 Å². The summed E-state index contributed by atoms with van der Waals surface area (Å²) in [6.07, 6.45) is 2.82. The number of halogens is 1. The number of aromatic nitrogens is 2. The van der Waals surface area contributed by atoms with Gasteiger partial charge < -0.3 is 4.74 Å². The highest BCUT2D eigenvalue weighted by Gasteiger charge is 2.22. The van der Waals surface area contributed by atoms with Crippen LogP contribution in [0.5, 0.6) is 0 Å². The zero-order valence-corrected chi connectivity index (χ0v) is 18.5. The first-order valence-corrected chi connectivity index (χ1v) is 10.8. The van der Waals surface area contributed by atoms with E-state index < -0.39 is 0 Å². The first kappa shape index (κ1) is 21.8. The maximum Gasteiger partial charge on any atom is 0.309 e. The van der Waals surface area contributed by atoms with Crippen molar-refractivity contribution >= 4 is 23.2 Å². The lowest BCUT2D eigenvalue weighted by Crippen LogP contribution is -2.23. The zero-order valence-electron chi connectivity index (χ0n) is 17.7. The summed E-state index contributed by atoms with van der Waals surface area (Å²) in [5.74, 6) is -0.697. The molecular formula is C26H23ClN2O3. The number of hydrogen-bond acceptors (Lipinski definition) is 4. The van der Waals surface area contributed by atoms with Crippen molar-refractivity contribution in [2.75, 3.05) is 0 Å². The summed E-state index contributed by atoms with van der Waals surface area (Å²) in [5, 5.41) is 0.653. The summed E-state index contributed by atoms with van der Waals surface area (Å²) < 4.78 is 7.10. The van der Waals surface area contributed by atoms with Crippen LogP contribution < -0.4 is 5.56 Å². The molecule has 2 heterocycles. The fourth-order valence-corrected chi connectivity index (χ4v) is 3.76. The average Bonchev–Trinajstić information content (AvgIpc) is 2.79. The quantitative estimate of drug-likeness (QED) is 0.382. The standard InChI is InChI=1S/C26H23ClN2O3/c1-18-7-12-24-28-23(15-25(30)29(24)16-18)17-32-26(31)21(13-19-5-3-2-4-6-19)14-20-8-10-22(27)11-9-20/h2-12,15-16,21H,13-14,17H2,1H3. The van der Waals surface area contributed by atoms with Crippen LogP contribution in [0.4, 0.5) is 0 Å². The molecule has 2 aromatic carbocycles. The second-order valence-corrected chi connectivity index (χ2v) is 8.28. The first-order chi connectivity index (χ1) is 15.5. The van der Waals surface area contributed by atoms with E-state index in [9.17, 15) is 9.59 Å². The topological polar surface area (TPSA) is 60.7 Å². The highest BCUT2D eigenvalue weighted by atomic mass is 35.5. The van der Waals surface area contributed by atoms with Gasteiger partial charge in [0.2, 0.25) is 0 Å². The predicted molar refractivity (Wildman–Crippen MR) is 125 cm³/mol. The molecule has 6 heteroatoms. The van der Waals surface area contributed by atoms with Gasteiger partial charge in [-0.2, -0.15) is 0 Å². The van der Waals surface area contributed by atoms with Gasteiger partial charge in [0, 0.05) is 17.3 Å². The molecule has 0 spiro atoms. The van der Waals surface area contributed by atoms with Crippen LogP contribution in [0.3, 0.4) is 0 Å². The molecule has 0 saturated carbocycles. The minimum absolute atomic E-state index is 0.0512. The van der Waals surface area contributed by atoms with Crippen LogP contribution >= 0.6 is 11.6 Å². The molecule has 0 fully saturated rings. The van der Waals surface area contributed by atoms with Gasteiger partial charge in [-0.05, 0) is 54.7 Å². The number of benzene rings is 2. The van der Waals surface area contributed by atoms with E-state index in [1.807, 2.05) is 67.6 Å². The number of carbonyl (C=O) groups excluding carboxylic acids is 1. The summed E-state index contributed by atoms with van der Waals surface area (Å²) in [7, 11) is 0. The first-order valence-electron chi connectivity index (χ1n) is 10.4. The van der Waals surface area contributed by atoms with E-state index in [1.54, 1.807) is 12.3 Å². The van der Waals surface area contributed by atoms with E-state index in [-0.39, 0.29) is 24.1 Å². The van der Waals surface area contributed by atoms with Crippen molar-refractivity contribution < 1.29 is 9.53 Å². The van der Waals surface area contributed by atoms with Crippen molar-refractivity contribution in [1.29, 1.82) is 0 Å². The number of rotatable bonds is 7. The Kier molecular flexibility index (Phi) is 6.66. The number of fused-ring (bicyclic) bond motifs is 1. The fourth-order valence-electron chi connectivity index (χ4n) is 3.64. The summed E-state index contributed by atoms with van der Waals surface area (Å²) in [6, 6.07) is 22.4. The van der Waals surface area contributed by atoms with Crippen molar-refractivity contribution in [3.63, 3.8) is 0 Å². The van der Waals surface area contributed by atoms with Gasteiger partial charge >= 0.3 is 5.97 Å². The Bertz CT molecular complexity index is 1280. The molecule has 5 nitrogen and oxygen atoms in total. The van der Waals surface area contributed by atoms with Gasteiger partial charge in [0.25, 0.3) is 5.56 Å². The van der Waals surface area contributed by atoms with Crippen molar-refractivity contribution in [3.05, 3.63) is 117 Å². The largest absolute Gasteiger partial charge is 0.459 e. The SMILES string of the molecule is Cc1ccc2nc(COC(=O)C(Cc3ccccc3)Cc3ccc(Cl)cc3)cc(=O)n2c1. The van der Waals surface area contributed by atoms with Crippen LogP contribution in [0.2, 0.25) is 5.02 Å². The molecule has 0 saturated heterocycles. The van der Waals surface area contributed by atoms with Crippen LogP contribution in [-0.2, 0) is 29.0 Å². The molecule has 4 rings (SSSR count). The third-order valence-electron chi connectivity index (χ3n) is 5.28. The number of nitrogens with zero attached hydrogens (tertiary/aromatic N) is 2. The van der Waals surface area contributed by atoms with Crippen LogP contribution in [0.25, 0.3) is 5.65 Å². The third kappa shape index (κ3) is 5.42. The van der Waals surface area contributed by atoms with Gasteiger partial charge in [0.1, 0.15) is 12.3 Å². The predicted octanol–water partition coefficient (Wildman–Crippen LogP) is 4.80. The smallest absolute Gasteiger partial charge is 0.309 e. The molecule has 0 bridgehead atoms. The molecule has 162 valence electrons. The molecule has 1 atom stereocenters. The average molecular weight is 447 g/mol. The molecule has 0 aliphatic heterocycles. The summed E-state index contributed by atoms with van der Waals surface area (Å²) in [6.45, 7) is 1.86. The van der Waals surface area contributed by atoms with Crippen molar-refractivity contribution in [1.82, 2.24) is 9.38 Å². The van der Waals surface area contributed by atoms with Gasteiger partial charge in [-0.15, -0.1) is 0 Å². The molecule has 2 aromatic heterocycles. The number of hydrogen-bond donors (Lipinski definition) is 0. The fraction of sp³-hybridized carbons (Fsp3) is 0.192. The minimum atomic E-state index is -0.372. The van der Waals surface area contributed by atoms with Gasteiger partial charge in [0.05, 0.1) is 11.6 Å². The number of ether oxygens (including phenoxy) is 1. The van der Waals surface area contributed by atoms with E-state index >= 15 is 0 Å². The van der Waals surface area contributed by atoms with Crippen LogP contribution in [0.1, 0.15) is 22.4 Å². The monoisotopic (exact) mass is 446 g/mol. The zero-order chi connectivity index (χ0) is 22.5. The van der Waals surface area contributed by atoms with E-state index in [0.717, 1.165) is 16.7 Å². The second-order valence-electron chi connectivity index (χ2n) is 7.85. The molecule has 32 heavy (non-hydrogen) atoms. The molecule has 0 amide bonds. The van der Waals surface area contributed by atoms with E-state index in [0.29, 0.717) is 29.2 Å². The van der Waals surface area contributed by atoms with Crippen LogP contribution in [-0.4, -0.2) is 15.4 Å². The van der Waals surface area contributed by atoms with Crippen LogP contribution in [0.15, 0.2) is 83.8 Å². The van der Waals surface area contributed by atoms with E-state index in [2.05, 4.69) is 4.98 Å². The molecule has 0 aliphatic rings. The maximum atomic E-state index is 13.0. The number of pyridine rings is 1. The van der Waals surface area contributed by atoms with Crippen LogP contribution in [0, 0.1) is 12.8 Å². The lowest BCUT2D eigenvalue weighted by molar-refractivity contribution is -0.150. The number of carbonyl (C=O) groups is 1. The van der Waals surface area contributed by atoms with Gasteiger partial charge in [-0.1, -0.05) is 60.1 Å². The maximum absolute atomic E-state index is 13.0. The summed E-state index contributed by atoms with van der Waals surface area (Å²) in [5.41, 5.74) is 3.78. The Hall–Kier alpha value is -3.44. The van der Waals surface area contributed by atoms with Gasteiger partial charge in [-0.3, -0.25) is 14.0 Å². The molecular weight excluding hydrogens is 424 g/mol. The Morgan fingerprint density at radius 2 is 1.69 bits per heavy atom. The van der Waals surface area contributed by atoms with E-state index in [1.165, 1.54) is 10.5 Å². The Morgan fingerprint density at radius 3 is 2.41 bits per heavy atom. The van der Waals surface area contributed by atoms with Gasteiger partial charge in [-0.25, -0.2) is 4.98 Å². The highest BCUT2D eigenvalue weighted by Crippen LogP contribution is 2.19. The Labute approximate surface area is 191 Å². The Balaban J connectivity index is 1.51. The third-order valence-corrected chi connectivity index (χ3v) is 5.53. The summed E-state index contributed by atoms with van der Waals surface area (Å²) in [4.78, 5) is 29.9. The molecule has 0 radical (unpaired) electrons. The van der Waals surface area contributed by atoms with E-state index in [4.69, 9.17) is 16.3 Å². The number of esters is 1. The normalized spacial score (nSPS) is 11.9. The van der Waals surface area contributed by atoms with Crippen molar-refractivity contribution in [3.8, 4) is 0 Å². The lowest BCUT2D eigenvalue weighted by atomic mass is 9.92. The molecule has 1 unspecified atom stereocenters. The number of aryl methyl sites for hydroxylation is 1. The Morgan fingerprint density at radius 1 is 1.00 bits per heavy atom.